The summed E-state index contributed by atoms with van der Waals surface area (Å²) in [4.78, 5) is 21.8. The zero-order valence-corrected chi connectivity index (χ0v) is 15.9. The van der Waals surface area contributed by atoms with E-state index >= 15 is 0 Å². The molecule has 1 aromatic rings. The standard InChI is InChI=1S/C21H26FN3O/c1-12(2)9-18-21(25-19(26)10-13(3)4)24-17-8-5-14-11-15(22)6-7-16(14)20(17)23-18/h9,11,13H,5-8,10H2,1-4H3,(H,24,25,26). The Morgan fingerprint density at radius 3 is 2.69 bits per heavy atom. The van der Waals surface area contributed by atoms with Gasteiger partial charge < -0.3 is 5.32 Å². The van der Waals surface area contributed by atoms with Crippen molar-refractivity contribution in [2.75, 3.05) is 5.32 Å². The second-order valence-electron chi connectivity index (χ2n) is 7.72. The predicted octanol–water partition coefficient (Wildman–Crippen LogP) is 5.23. The number of aromatic nitrogens is 2. The normalized spacial score (nSPS) is 16.0. The highest BCUT2D eigenvalue weighted by molar-refractivity contribution is 5.92. The van der Waals surface area contributed by atoms with E-state index in [-0.39, 0.29) is 17.7 Å². The van der Waals surface area contributed by atoms with Gasteiger partial charge in [-0.25, -0.2) is 14.4 Å². The first-order chi connectivity index (χ1) is 12.3. The number of anilines is 1. The third-order valence-electron chi connectivity index (χ3n) is 4.52. The number of amides is 1. The van der Waals surface area contributed by atoms with Crippen LogP contribution in [0.5, 0.6) is 0 Å². The van der Waals surface area contributed by atoms with Crippen LogP contribution in [0.4, 0.5) is 10.2 Å². The zero-order chi connectivity index (χ0) is 18.8. The maximum atomic E-state index is 13.6. The van der Waals surface area contributed by atoms with Crippen LogP contribution in [-0.4, -0.2) is 15.9 Å². The second-order valence-corrected chi connectivity index (χ2v) is 7.72. The highest BCUT2D eigenvalue weighted by Crippen LogP contribution is 2.39. The van der Waals surface area contributed by atoms with Gasteiger partial charge in [-0.1, -0.05) is 19.4 Å². The smallest absolute Gasteiger partial charge is 0.225 e. The van der Waals surface area contributed by atoms with Gasteiger partial charge in [0.25, 0.3) is 0 Å². The van der Waals surface area contributed by atoms with Gasteiger partial charge in [0.1, 0.15) is 11.5 Å². The topological polar surface area (TPSA) is 54.9 Å². The first-order valence-electron chi connectivity index (χ1n) is 9.27. The Morgan fingerprint density at radius 1 is 1.23 bits per heavy atom. The Bertz CT molecular complexity index is 830. The molecular weight excluding hydrogens is 329 g/mol. The number of hydrogen-bond donors (Lipinski definition) is 1. The van der Waals surface area contributed by atoms with Crippen molar-refractivity contribution in [3.8, 4) is 0 Å². The van der Waals surface area contributed by atoms with Gasteiger partial charge in [-0.3, -0.25) is 4.79 Å². The summed E-state index contributed by atoms with van der Waals surface area (Å²) >= 11 is 0. The van der Waals surface area contributed by atoms with Crippen molar-refractivity contribution in [2.45, 2.75) is 59.8 Å². The van der Waals surface area contributed by atoms with Gasteiger partial charge in [0, 0.05) is 12.8 Å². The van der Waals surface area contributed by atoms with Crippen LogP contribution in [0.3, 0.4) is 0 Å². The van der Waals surface area contributed by atoms with E-state index in [2.05, 4.69) is 5.32 Å². The van der Waals surface area contributed by atoms with Gasteiger partial charge in [0.05, 0.1) is 11.4 Å². The molecule has 0 unspecified atom stereocenters. The summed E-state index contributed by atoms with van der Waals surface area (Å²) in [5.74, 6) is 0.708. The summed E-state index contributed by atoms with van der Waals surface area (Å²) in [6.07, 6.45) is 6.61. The van der Waals surface area contributed by atoms with Crippen molar-refractivity contribution in [2.24, 2.45) is 5.92 Å². The lowest BCUT2D eigenvalue weighted by Gasteiger charge is -2.24. The molecule has 0 bridgehead atoms. The van der Waals surface area contributed by atoms with Crippen LogP contribution in [0.1, 0.15) is 70.5 Å². The largest absolute Gasteiger partial charge is 0.309 e. The molecule has 0 aliphatic heterocycles. The van der Waals surface area contributed by atoms with Gasteiger partial charge in [0.2, 0.25) is 5.91 Å². The van der Waals surface area contributed by atoms with E-state index in [9.17, 15) is 9.18 Å². The minimum absolute atomic E-state index is 0.0453. The molecule has 1 heterocycles. The molecule has 26 heavy (non-hydrogen) atoms. The van der Waals surface area contributed by atoms with Crippen LogP contribution >= 0.6 is 0 Å². The van der Waals surface area contributed by atoms with Crippen molar-refractivity contribution < 1.29 is 9.18 Å². The fraction of sp³-hybridized carbons (Fsp3) is 0.476. The van der Waals surface area contributed by atoms with Gasteiger partial charge in [-0.2, -0.15) is 0 Å². The molecule has 1 amide bonds. The fourth-order valence-electron chi connectivity index (χ4n) is 3.42. The van der Waals surface area contributed by atoms with Crippen LogP contribution < -0.4 is 5.32 Å². The molecule has 0 saturated heterocycles. The van der Waals surface area contributed by atoms with Crippen LogP contribution in [0.15, 0.2) is 23.0 Å². The highest BCUT2D eigenvalue weighted by atomic mass is 19.1. The number of allylic oxidation sites excluding steroid dienone is 5. The van der Waals surface area contributed by atoms with Crippen molar-refractivity contribution in [1.29, 1.82) is 0 Å². The molecule has 5 heteroatoms. The molecule has 0 atom stereocenters. The van der Waals surface area contributed by atoms with E-state index in [1.165, 1.54) is 0 Å². The maximum absolute atomic E-state index is 13.6. The van der Waals surface area contributed by atoms with E-state index in [1.54, 1.807) is 6.08 Å². The molecule has 0 fully saturated rings. The predicted molar refractivity (Wildman–Crippen MR) is 103 cm³/mol. The summed E-state index contributed by atoms with van der Waals surface area (Å²) in [7, 11) is 0. The van der Waals surface area contributed by atoms with Crippen LogP contribution in [0.2, 0.25) is 0 Å². The second kappa shape index (κ2) is 7.52. The molecule has 2 aliphatic rings. The minimum atomic E-state index is -0.0535. The molecule has 0 aromatic carbocycles. The number of fused-ring (bicyclic) bond motifs is 2. The Kier molecular flexibility index (Phi) is 5.35. The number of carbonyl (C=O) groups excluding carboxylic acids is 1. The first kappa shape index (κ1) is 18.5. The molecule has 1 aromatic heterocycles. The summed E-state index contributed by atoms with van der Waals surface area (Å²) in [6, 6.07) is 0. The Hall–Kier alpha value is -2.30. The molecular formula is C21H26FN3O. The average Bonchev–Trinajstić information content (AvgIpc) is 2.53. The van der Waals surface area contributed by atoms with Gasteiger partial charge in [-0.05, 0) is 62.3 Å². The summed E-state index contributed by atoms with van der Waals surface area (Å²) in [5.41, 5.74) is 5.65. The highest BCUT2D eigenvalue weighted by Gasteiger charge is 2.25. The van der Waals surface area contributed by atoms with Gasteiger partial charge >= 0.3 is 0 Å². The maximum Gasteiger partial charge on any atom is 0.225 e. The molecule has 3 rings (SSSR count). The zero-order valence-electron chi connectivity index (χ0n) is 15.9. The third kappa shape index (κ3) is 4.09. The van der Waals surface area contributed by atoms with E-state index in [0.29, 0.717) is 37.2 Å². The van der Waals surface area contributed by atoms with Crippen molar-refractivity contribution in [3.63, 3.8) is 0 Å². The molecule has 0 spiro atoms. The van der Waals surface area contributed by atoms with Gasteiger partial charge in [-0.15, -0.1) is 0 Å². The fourth-order valence-corrected chi connectivity index (χ4v) is 3.42. The molecule has 2 aliphatic carbocycles. The molecule has 4 nitrogen and oxygen atoms in total. The first-order valence-corrected chi connectivity index (χ1v) is 9.27. The summed E-state index contributed by atoms with van der Waals surface area (Å²) < 4.78 is 13.6. The van der Waals surface area contributed by atoms with Crippen molar-refractivity contribution in [3.05, 3.63) is 40.1 Å². The van der Waals surface area contributed by atoms with Crippen molar-refractivity contribution in [1.82, 2.24) is 9.97 Å². The van der Waals surface area contributed by atoms with Crippen LogP contribution in [0.25, 0.3) is 11.6 Å². The monoisotopic (exact) mass is 355 g/mol. The van der Waals surface area contributed by atoms with E-state index < -0.39 is 0 Å². The van der Waals surface area contributed by atoms with Crippen molar-refractivity contribution >= 4 is 23.4 Å². The van der Waals surface area contributed by atoms with Gasteiger partial charge in [0.15, 0.2) is 5.82 Å². The molecule has 0 radical (unpaired) electrons. The van der Waals surface area contributed by atoms with E-state index in [1.807, 2.05) is 33.8 Å². The summed E-state index contributed by atoms with van der Waals surface area (Å²) in [5, 5.41) is 2.93. The minimum Gasteiger partial charge on any atom is -0.309 e. The number of rotatable bonds is 4. The molecule has 1 N–H and O–H groups in total. The number of hydrogen-bond acceptors (Lipinski definition) is 3. The molecule has 0 saturated carbocycles. The lowest BCUT2D eigenvalue weighted by atomic mass is 9.85. The number of halogens is 1. The number of nitrogens with one attached hydrogen (secondary N) is 1. The lowest BCUT2D eigenvalue weighted by Crippen LogP contribution is -2.19. The quantitative estimate of drug-likeness (QED) is 0.804. The Labute approximate surface area is 154 Å². The number of carbonyl (C=O) groups is 1. The number of aryl methyl sites for hydroxylation is 1. The SMILES string of the molecule is CC(C)=Cc1nc2c(nc1NC(=O)CC(C)C)CCC1=C2CCC(F)=C1. The van der Waals surface area contributed by atoms with Crippen LogP contribution in [-0.2, 0) is 11.2 Å². The Balaban J connectivity index is 2.03. The van der Waals surface area contributed by atoms with Crippen LogP contribution in [0, 0.1) is 5.92 Å². The van der Waals surface area contributed by atoms with E-state index in [4.69, 9.17) is 9.97 Å². The summed E-state index contributed by atoms with van der Waals surface area (Å²) in [6.45, 7) is 8.01. The Morgan fingerprint density at radius 2 is 2.00 bits per heavy atom. The average molecular weight is 355 g/mol. The molecule has 138 valence electrons. The third-order valence-corrected chi connectivity index (χ3v) is 4.52. The lowest BCUT2D eigenvalue weighted by molar-refractivity contribution is -0.116. The van der Waals surface area contributed by atoms with E-state index in [0.717, 1.165) is 34.5 Å². The number of nitrogens with zero attached hydrogens (tertiary/aromatic N) is 2.